The Labute approximate surface area is 97.4 Å². The standard InChI is InChI=1S/C12H12N2O3/c1-7-3-2-4-9-8(7)5-10(14-9)12(17)13-6-11(15)16/h2-5,14H,6H2,1H3,(H,13,17)(H,15,16). The minimum atomic E-state index is -1.06. The van der Waals surface area contributed by atoms with Crippen LogP contribution in [-0.4, -0.2) is 28.5 Å². The van der Waals surface area contributed by atoms with Gasteiger partial charge in [-0.15, -0.1) is 0 Å². The molecule has 1 aromatic carbocycles. The number of hydrogen-bond donors (Lipinski definition) is 3. The molecule has 17 heavy (non-hydrogen) atoms. The molecule has 0 fully saturated rings. The average Bonchev–Trinajstić information content (AvgIpc) is 2.71. The zero-order valence-electron chi connectivity index (χ0n) is 9.28. The molecule has 0 radical (unpaired) electrons. The fraction of sp³-hybridized carbons (Fsp3) is 0.167. The first-order chi connectivity index (χ1) is 8.08. The van der Waals surface area contributed by atoms with Gasteiger partial charge in [-0.05, 0) is 24.6 Å². The lowest BCUT2D eigenvalue weighted by molar-refractivity contribution is -0.135. The van der Waals surface area contributed by atoms with Crippen molar-refractivity contribution in [2.75, 3.05) is 6.54 Å². The second kappa shape index (κ2) is 4.29. The summed E-state index contributed by atoms with van der Waals surface area (Å²) in [5, 5.41) is 11.7. The van der Waals surface area contributed by atoms with Gasteiger partial charge in [-0.25, -0.2) is 0 Å². The van der Waals surface area contributed by atoms with E-state index in [4.69, 9.17) is 5.11 Å². The predicted octanol–water partition coefficient (Wildman–Crippen LogP) is 1.29. The van der Waals surface area contributed by atoms with E-state index in [1.54, 1.807) is 6.07 Å². The monoisotopic (exact) mass is 232 g/mol. The fourth-order valence-corrected chi connectivity index (χ4v) is 1.68. The van der Waals surface area contributed by atoms with Crippen LogP contribution in [0.1, 0.15) is 16.1 Å². The van der Waals surface area contributed by atoms with Crippen LogP contribution in [0, 0.1) is 6.92 Å². The number of rotatable bonds is 3. The normalized spacial score (nSPS) is 10.4. The predicted molar refractivity (Wildman–Crippen MR) is 63.0 cm³/mol. The Morgan fingerprint density at radius 2 is 2.18 bits per heavy atom. The number of carboxylic acids is 1. The van der Waals surface area contributed by atoms with Gasteiger partial charge in [0.25, 0.3) is 5.91 Å². The highest BCUT2D eigenvalue weighted by molar-refractivity contribution is 5.99. The third-order valence-electron chi connectivity index (χ3n) is 2.53. The molecule has 0 aliphatic heterocycles. The van der Waals surface area contributed by atoms with Crippen molar-refractivity contribution in [1.82, 2.24) is 10.3 Å². The van der Waals surface area contributed by atoms with Crippen molar-refractivity contribution in [2.45, 2.75) is 6.92 Å². The molecule has 2 rings (SSSR count). The summed E-state index contributed by atoms with van der Waals surface area (Å²) < 4.78 is 0. The molecular formula is C12H12N2O3. The molecule has 0 aliphatic carbocycles. The van der Waals surface area contributed by atoms with Gasteiger partial charge in [-0.1, -0.05) is 12.1 Å². The number of aromatic amines is 1. The Morgan fingerprint density at radius 3 is 2.82 bits per heavy atom. The van der Waals surface area contributed by atoms with E-state index >= 15 is 0 Å². The van der Waals surface area contributed by atoms with Crippen molar-refractivity contribution < 1.29 is 14.7 Å². The van der Waals surface area contributed by atoms with E-state index in [1.807, 2.05) is 25.1 Å². The van der Waals surface area contributed by atoms with Gasteiger partial charge in [0.15, 0.2) is 0 Å². The number of carboxylic acid groups (broad SMARTS) is 1. The van der Waals surface area contributed by atoms with Gasteiger partial charge in [0.05, 0.1) is 0 Å². The van der Waals surface area contributed by atoms with Gasteiger partial charge in [0, 0.05) is 10.9 Å². The van der Waals surface area contributed by atoms with Crippen LogP contribution in [0.4, 0.5) is 0 Å². The number of H-pyrrole nitrogens is 1. The minimum absolute atomic E-state index is 0.371. The van der Waals surface area contributed by atoms with Gasteiger partial charge in [0.1, 0.15) is 12.2 Å². The van der Waals surface area contributed by atoms with Crippen molar-refractivity contribution in [1.29, 1.82) is 0 Å². The smallest absolute Gasteiger partial charge is 0.322 e. The number of fused-ring (bicyclic) bond motifs is 1. The molecular weight excluding hydrogens is 220 g/mol. The topological polar surface area (TPSA) is 82.2 Å². The molecule has 5 nitrogen and oxygen atoms in total. The SMILES string of the molecule is Cc1cccc2[nH]c(C(=O)NCC(=O)O)cc12. The van der Waals surface area contributed by atoms with Crippen molar-refractivity contribution in [3.05, 3.63) is 35.5 Å². The first-order valence-corrected chi connectivity index (χ1v) is 5.16. The molecule has 0 aliphatic rings. The summed E-state index contributed by atoms with van der Waals surface area (Å²) in [6, 6.07) is 7.44. The van der Waals surface area contributed by atoms with Crippen LogP contribution in [0.15, 0.2) is 24.3 Å². The van der Waals surface area contributed by atoms with Crippen molar-refractivity contribution in [3.8, 4) is 0 Å². The third kappa shape index (κ3) is 2.28. The van der Waals surface area contributed by atoms with Crippen LogP contribution in [-0.2, 0) is 4.79 Å². The van der Waals surface area contributed by atoms with Crippen LogP contribution >= 0.6 is 0 Å². The molecule has 0 unspecified atom stereocenters. The van der Waals surface area contributed by atoms with Crippen LogP contribution in [0.3, 0.4) is 0 Å². The maximum atomic E-state index is 11.6. The van der Waals surface area contributed by atoms with E-state index in [0.717, 1.165) is 16.5 Å². The maximum absolute atomic E-state index is 11.6. The summed E-state index contributed by atoms with van der Waals surface area (Å²) in [7, 11) is 0. The summed E-state index contributed by atoms with van der Waals surface area (Å²) in [5.74, 6) is -1.48. The molecule has 0 spiro atoms. The van der Waals surface area contributed by atoms with Gasteiger partial charge < -0.3 is 15.4 Å². The zero-order valence-corrected chi connectivity index (χ0v) is 9.28. The van der Waals surface area contributed by atoms with Crippen molar-refractivity contribution in [3.63, 3.8) is 0 Å². The summed E-state index contributed by atoms with van der Waals surface area (Å²) in [6.45, 7) is 1.57. The molecule has 3 N–H and O–H groups in total. The number of amides is 1. The molecule has 0 saturated carbocycles. The van der Waals surface area contributed by atoms with Gasteiger partial charge in [-0.3, -0.25) is 9.59 Å². The van der Waals surface area contributed by atoms with E-state index < -0.39 is 11.9 Å². The number of benzene rings is 1. The van der Waals surface area contributed by atoms with Crippen molar-refractivity contribution in [2.24, 2.45) is 0 Å². The van der Waals surface area contributed by atoms with Crippen LogP contribution in [0.2, 0.25) is 0 Å². The largest absolute Gasteiger partial charge is 0.480 e. The number of aliphatic carboxylic acids is 1. The first-order valence-electron chi connectivity index (χ1n) is 5.16. The highest BCUT2D eigenvalue weighted by atomic mass is 16.4. The molecule has 88 valence electrons. The molecule has 0 saturated heterocycles. The number of aryl methyl sites for hydroxylation is 1. The van der Waals surface area contributed by atoms with Crippen LogP contribution in [0.5, 0.6) is 0 Å². The summed E-state index contributed by atoms with van der Waals surface area (Å²) >= 11 is 0. The molecule has 5 heteroatoms. The van der Waals surface area contributed by atoms with E-state index in [0.29, 0.717) is 5.69 Å². The van der Waals surface area contributed by atoms with Crippen LogP contribution in [0.25, 0.3) is 10.9 Å². The number of nitrogens with one attached hydrogen (secondary N) is 2. The highest BCUT2D eigenvalue weighted by Gasteiger charge is 2.10. The van der Waals surface area contributed by atoms with E-state index in [9.17, 15) is 9.59 Å². The summed E-state index contributed by atoms with van der Waals surface area (Å²) in [4.78, 5) is 24.9. The van der Waals surface area contributed by atoms with Crippen LogP contribution < -0.4 is 5.32 Å². The molecule has 1 heterocycles. The second-order valence-corrected chi connectivity index (χ2v) is 3.80. The maximum Gasteiger partial charge on any atom is 0.322 e. The Kier molecular flexibility index (Phi) is 2.82. The summed E-state index contributed by atoms with van der Waals surface area (Å²) in [6.07, 6.45) is 0. The zero-order chi connectivity index (χ0) is 12.4. The minimum Gasteiger partial charge on any atom is -0.480 e. The average molecular weight is 232 g/mol. The Hall–Kier alpha value is -2.30. The number of carbonyl (C=O) groups is 2. The molecule has 0 atom stereocenters. The lowest BCUT2D eigenvalue weighted by Crippen LogP contribution is -2.29. The quantitative estimate of drug-likeness (QED) is 0.745. The molecule has 1 amide bonds. The van der Waals surface area contributed by atoms with E-state index in [1.165, 1.54) is 0 Å². The van der Waals surface area contributed by atoms with E-state index in [2.05, 4.69) is 10.3 Å². The van der Waals surface area contributed by atoms with Gasteiger partial charge in [0.2, 0.25) is 0 Å². The lowest BCUT2D eigenvalue weighted by Gasteiger charge is -1.98. The lowest BCUT2D eigenvalue weighted by atomic mass is 10.1. The molecule has 0 bridgehead atoms. The molecule has 2 aromatic rings. The third-order valence-corrected chi connectivity index (χ3v) is 2.53. The molecule has 1 aromatic heterocycles. The number of hydrogen-bond acceptors (Lipinski definition) is 2. The second-order valence-electron chi connectivity index (χ2n) is 3.80. The highest BCUT2D eigenvalue weighted by Crippen LogP contribution is 2.18. The number of aromatic nitrogens is 1. The van der Waals surface area contributed by atoms with Gasteiger partial charge >= 0.3 is 5.97 Å². The fourth-order valence-electron chi connectivity index (χ4n) is 1.68. The summed E-state index contributed by atoms with van der Waals surface area (Å²) in [5.41, 5.74) is 2.30. The van der Waals surface area contributed by atoms with E-state index in [-0.39, 0.29) is 6.54 Å². The Bertz CT molecular complexity index is 586. The van der Waals surface area contributed by atoms with Crippen molar-refractivity contribution >= 4 is 22.8 Å². The Balaban J connectivity index is 2.27. The Morgan fingerprint density at radius 1 is 1.41 bits per heavy atom. The first kappa shape index (κ1) is 11.2. The van der Waals surface area contributed by atoms with Gasteiger partial charge in [-0.2, -0.15) is 0 Å². The number of carbonyl (C=O) groups excluding carboxylic acids is 1.